The van der Waals surface area contributed by atoms with Crippen molar-refractivity contribution in [2.45, 2.75) is 61.9 Å². The number of hydrogen-bond donors (Lipinski definition) is 9. The maximum Gasteiger partial charge on any atom is 0.336 e. The van der Waals surface area contributed by atoms with Crippen LogP contribution in [0.2, 0.25) is 0 Å². The van der Waals surface area contributed by atoms with Gasteiger partial charge in [0.1, 0.15) is 77.9 Å². The summed E-state index contributed by atoms with van der Waals surface area (Å²) in [5, 5.41) is 97.0. The molecule has 18 nitrogen and oxygen atoms in total. The van der Waals surface area contributed by atoms with E-state index in [9.17, 15) is 45.6 Å². The van der Waals surface area contributed by atoms with E-state index in [2.05, 4.69) is 15.0 Å². The zero-order valence-electron chi connectivity index (χ0n) is 31.7. The molecule has 1 fully saturated rings. The normalized spacial score (nSPS) is 28.0. The van der Waals surface area contributed by atoms with Crippen molar-refractivity contribution in [1.82, 2.24) is 0 Å². The molecule has 1 saturated heterocycles. The van der Waals surface area contributed by atoms with Gasteiger partial charge in [0.15, 0.2) is 23.2 Å². The van der Waals surface area contributed by atoms with Crippen LogP contribution in [-0.2, 0) is 22.6 Å². The van der Waals surface area contributed by atoms with Gasteiger partial charge in [0.2, 0.25) is 12.0 Å². The third-order valence-corrected chi connectivity index (χ3v) is 10.8. The molecule has 312 valence electrons. The number of carboxylic acid groups (broad SMARTS) is 1. The number of hydrogen-bond acceptors (Lipinski definition) is 16. The summed E-state index contributed by atoms with van der Waals surface area (Å²) in [6.07, 6.45) is 0.0643. The third kappa shape index (κ3) is 7.13. The molecule has 5 aliphatic rings. The molecule has 0 aromatic heterocycles. The minimum absolute atomic E-state index is 0.00910. The SMILES string of the molecule is CCc1cc(O)cc(COc2c(O[C@@H]3O[C@H](C(=O)O)[C@]4(O)[C@@H](C5=NC=NC5)C=C[C@@]3(O)[C@@H]4O)cc3c(c2O)C(O)=CC(c2ccc(OC[C@H](O)C4=NC(=N)C=C4)cc2)O3)c1. The van der Waals surface area contributed by atoms with Crippen molar-refractivity contribution in [3.8, 4) is 34.5 Å². The Bertz CT molecular complexity index is 2430. The fraction of sp³-hybridized carbons (Fsp3) is 0.310. The van der Waals surface area contributed by atoms with Gasteiger partial charge >= 0.3 is 5.97 Å². The predicted molar refractivity (Wildman–Crippen MR) is 212 cm³/mol. The average molecular weight is 825 g/mol. The summed E-state index contributed by atoms with van der Waals surface area (Å²) in [5.74, 6) is -4.57. The second-order valence-corrected chi connectivity index (χ2v) is 14.7. The van der Waals surface area contributed by atoms with Crippen LogP contribution >= 0.6 is 0 Å². The number of aromatic hydroxyl groups is 2. The number of nitrogens with one attached hydrogen (secondary N) is 1. The summed E-state index contributed by atoms with van der Waals surface area (Å²) in [5.41, 5.74) is -3.11. The molecule has 8 rings (SSSR count). The van der Waals surface area contributed by atoms with E-state index in [-0.39, 0.29) is 54.1 Å². The fourth-order valence-electron chi connectivity index (χ4n) is 7.73. The van der Waals surface area contributed by atoms with Crippen molar-refractivity contribution >= 4 is 35.3 Å². The number of nitrogens with zero attached hydrogens (tertiary/aromatic N) is 3. The highest BCUT2D eigenvalue weighted by Crippen LogP contribution is 2.53. The second-order valence-electron chi connectivity index (χ2n) is 14.7. The summed E-state index contributed by atoms with van der Waals surface area (Å²) < 4.78 is 29.9. The van der Waals surface area contributed by atoms with Crippen LogP contribution in [0.25, 0.3) is 5.76 Å². The lowest BCUT2D eigenvalue weighted by molar-refractivity contribution is -0.337. The van der Waals surface area contributed by atoms with E-state index in [1.165, 1.54) is 42.8 Å². The first-order valence-electron chi connectivity index (χ1n) is 18.8. The van der Waals surface area contributed by atoms with E-state index in [4.69, 9.17) is 29.1 Å². The highest BCUT2D eigenvalue weighted by Gasteiger charge is 2.69. The summed E-state index contributed by atoms with van der Waals surface area (Å²) >= 11 is 0. The third-order valence-electron chi connectivity index (χ3n) is 10.8. The standard InChI is InChI=1S/C42H40N4O14/c1-2-20-11-21(13-23(47)12-20)17-57-36-32(59-40-41(54)10-9-25(27-16-44-19-45-27)42(55,39(41)53)37(60-40)38(51)52)15-31-34(35(36)50)28(48)14-30(58-31)22-3-5-24(6-4-22)56-18-29(49)26-7-8-33(43)46-26/h3-15,19,25,29-30,37,39-40,43,47-50,53-55H,2,16-18H2,1H3,(H,51,52)/t25-,29+,30?,37-,39+,40-,41-,42-/m1/s1. The number of benzene rings is 3. The maximum absolute atomic E-state index is 12.7. The van der Waals surface area contributed by atoms with Crippen molar-refractivity contribution < 1.29 is 69.3 Å². The number of aliphatic hydroxyl groups excluding tert-OH is 3. The molecule has 1 aliphatic carbocycles. The summed E-state index contributed by atoms with van der Waals surface area (Å²) in [4.78, 5) is 24.7. The maximum atomic E-state index is 12.7. The number of amidine groups is 1. The number of aryl methyl sites for hydroxylation is 1. The van der Waals surface area contributed by atoms with Crippen molar-refractivity contribution in [1.29, 1.82) is 5.41 Å². The number of aliphatic carboxylic acids is 1. The minimum atomic E-state index is -2.63. The van der Waals surface area contributed by atoms with Crippen molar-refractivity contribution in [3.05, 3.63) is 101 Å². The van der Waals surface area contributed by atoms with E-state index in [1.54, 1.807) is 36.4 Å². The quantitative estimate of drug-likeness (QED) is 0.112. The lowest BCUT2D eigenvalue weighted by Crippen LogP contribution is -2.78. The van der Waals surface area contributed by atoms with Gasteiger partial charge in [-0.05, 0) is 65.6 Å². The van der Waals surface area contributed by atoms with Gasteiger partial charge in [0.05, 0.1) is 23.9 Å². The Morgan fingerprint density at radius 1 is 1.05 bits per heavy atom. The molecule has 9 N–H and O–H groups in total. The van der Waals surface area contributed by atoms with Crippen molar-refractivity contribution in [2.24, 2.45) is 20.9 Å². The Morgan fingerprint density at radius 3 is 2.50 bits per heavy atom. The first-order valence-corrected chi connectivity index (χ1v) is 18.8. The van der Waals surface area contributed by atoms with Gasteiger partial charge in [-0.1, -0.05) is 31.2 Å². The van der Waals surface area contributed by atoms with Crippen molar-refractivity contribution in [3.63, 3.8) is 0 Å². The molecular formula is C42H40N4O14. The molecule has 60 heavy (non-hydrogen) atoms. The lowest BCUT2D eigenvalue weighted by atomic mass is 9.64. The van der Waals surface area contributed by atoms with Gasteiger partial charge < -0.3 is 64.5 Å². The largest absolute Gasteiger partial charge is 0.508 e. The molecule has 0 spiro atoms. The van der Waals surface area contributed by atoms with Crippen LogP contribution in [0.15, 0.2) is 93.9 Å². The number of phenolic OH excluding ortho intramolecular Hbond substituents is 2. The molecule has 0 amide bonds. The smallest absolute Gasteiger partial charge is 0.336 e. The number of rotatable bonds is 13. The van der Waals surface area contributed by atoms with Gasteiger partial charge in [0.25, 0.3) is 0 Å². The zero-order valence-corrected chi connectivity index (χ0v) is 31.7. The summed E-state index contributed by atoms with van der Waals surface area (Å²) in [6, 6.07) is 12.5. The number of carbonyl (C=O) groups is 1. The van der Waals surface area contributed by atoms with Gasteiger partial charge in [-0.3, -0.25) is 10.4 Å². The van der Waals surface area contributed by atoms with Gasteiger partial charge in [-0.15, -0.1) is 0 Å². The molecule has 3 aromatic carbocycles. The lowest BCUT2D eigenvalue weighted by Gasteiger charge is -2.55. The Balaban J connectivity index is 1.12. The van der Waals surface area contributed by atoms with E-state index in [1.807, 2.05) is 6.92 Å². The molecule has 0 saturated carbocycles. The van der Waals surface area contributed by atoms with Gasteiger partial charge in [0, 0.05) is 12.1 Å². The van der Waals surface area contributed by atoms with Crippen LogP contribution < -0.4 is 18.9 Å². The van der Waals surface area contributed by atoms with Crippen LogP contribution in [-0.4, -0.2) is 119 Å². The van der Waals surface area contributed by atoms with Gasteiger partial charge in [-0.2, -0.15) is 0 Å². The van der Waals surface area contributed by atoms with E-state index in [0.717, 1.165) is 11.6 Å². The number of ether oxygens (including phenoxy) is 5. The van der Waals surface area contributed by atoms with Crippen molar-refractivity contribution in [2.75, 3.05) is 13.2 Å². The number of fused-ring (bicyclic) bond motifs is 3. The van der Waals surface area contributed by atoms with Gasteiger partial charge in [-0.25, -0.2) is 14.8 Å². The average Bonchev–Trinajstić information content (AvgIpc) is 3.92. The molecule has 4 heterocycles. The Labute approximate surface area is 341 Å². The fourth-order valence-corrected chi connectivity index (χ4v) is 7.73. The molecule has 0 radical (unpaired) electrons. The monoisotopic (exact) mass is 824 g/mol. The summed E-state index contributed by atoms with van der Waals surface area (Å²) in [6.45, 7) is 1.50. The molecular weight excluding hydrogens is 784 g/mol. The molecule has 4 aliphatic heterocycles. The van der Waals surface area contributed by atoms with E-state index in [0.29, 0.717) is 29.0 Å². The zero-order chi connectivity index (χ0) is 42.5. The molecule has 3 aromatic rings. The van der Waals surface area contributed by atoms with E-state index < -0.39 is 71.1 Å². The minimum Gasteiger partial charge on any atom is -0.508 e. The Morgan fingerprint density at radius 2 is 1.82 bits per heavy atom. The first kappa shape index (κ1) is 40.2. The first-order chi connectivity index (χ1) is 28.7. The topological polar surface area (TPSA) is 286 Å². The van der Waals surface area contributed by atoms with Crippen LogP contribution in [0.4, 0.5) is 0 Å². The van der Waals surface area contributed by atoms with Crippen LogP contribution in [0.5, 0.6) is 34.5 Å². The Hall–Kier alpha value is -6.57. The van der Waals surface area contributed by atoms with Crippen LogP contribution in [0.1, 0.15) is 35.3 Å². The number of aliphatic imine (C=N–C) groups is 3. The number of phenols is 2. The molecule has 8 atom stereocenters. The van der Waals surface area contributed by atoms with E-state index >= 15 is 0 Å². The number of aliphatic hydroxyl groups is 5. The number of carboxylic acids is 1. The van der Waals surface area contributed by atoms with Crippen LogP contribution in [0, 0.1) is 11.3 Å². The predicted octanol–water partition coefficient (Wildman–Crippen LogP) is 2.68. The highest BCUT2D eigenvalue weighted by atomic mass is 16.7. The highest BCUT2D eigenvalue weighted by molar-refractivity contribution is 6.15. The van der Waals surface area contributed by atoms with Crippen LogP contribution in [0.3, 0.4) is 0 Å². The molecule has 1 unspecified atom stereocenters. The summed E-state index contributed by atoms with van der Waals surface area (Å²) in [7, 11) is 0. The second kappa shape index (κ2) is 15.6. The Kier molecular flexibility index (Phi) is 10.4. The molecule has 2 bridgehead atoms. The molecule has 18 heteroatoms.